The first kappa shape index (κ1) is 12.6. The van der Waals surface area contributed by atoms with Crippen LogP contribution in [0.4, 0.5) is 10.5 Å². The number of rotatable bonds is 4. The van der Waals surface area contributed by atoms with Crippen LogP contribution in [-0.2, 0) is 0 Å². The zero-order valence-electron chi connectivity index (χ0n) is 10.2. The Morgan fingerprint density at radius 3 is 2.44 bits per heavy atom. The van der Waals surface area contributed by atoms with Crippen LogP contribution in [-0.4, -0.2) is 12.6 Å². The number of carbonyl (C=O) groups is 1. The minimum atomic E-state index is -0.146. The Morgan fingerprint density at radius 1 is 1.25 bits per heavy atom. The monoisotopic (exact) mass is 220 g/mol. The van der Waals surface area contributed by atoms with Crippen molar-refractivity contribution >= 4 is 11.7 Å². The van der Waals surface area contributed by atoms with E-state index in [0.717, 1.165) is 12.1 Å². The van der Waals surface area contributed by atoms with E-state index in [4.69, 9.17) is 0 Å². The highest BCUT2D eigenvalue weighted by Gasteiger charge is 2.15. The van der Waals surface area contributed by atoms with Gasteiger partial charge in [-0.1, -0.05) is 39.0 Å². The van der Waals surface area contributed by atoms with Gasteiger partial charge in [0, 0.05) is 12.2 Å². The Labute approximate surface area is 97.2 Å². The molecule has 0 heterocycles. The normalized spacial score (nSPS) is 10.9. The zero-order chi connectivity index (χ0) is 12.0. The number of urea groups is 1. The van der Waals surface area contributed by atoms with Crippen molar-refractivity contribution in [2.24, 2.45) is 5.41 Å². The van der Waals surface area contributed by atoms with Gasteiger partial charge in [0.05, 0.1) is 0 Å². The summed E-state index contributed by atoms with van der Waals surface area (Å²) in [5.41, 5.74) is 0.961. The highest BCUT2D eigenvalue weighted by atomic mass is 16.2. The molecule has 1 aromatic carbocycles. The van der Waals surface area contributed by atoms with Crippen LogP contribution in [0.2, 0.25) is 0 Å². The molecule has 0 saturated heterocycles. The molecule has 3 heteroatoms. The van der Waals surface area contributed by atoms with Crippen molar-refractivity contribution in [3.63, 3.8) is 0 Å². The third-order valence-electron chi connectivity index (χ3n) is 2.72. The SMILES string of the molecule is CCC(C)(C)CNC(=O)Nc1ccccc1. The van der Waals surface area contributed by atoms with Crippen LogP contribution in [0.5, 0.6) is 0 Å². The first-order valence-corrected chi connectivity index (χ1v) is 5.63. The smallest absolute Gasteiger partial charge is 0.319 e. The van der Waals surface area contributed by atoms with E-state index in [2.05, 4.69) is 31.4 Å². The molecule has 0 bridgehead atoms. The van der Waals surface area contributed by atoms with Gasteiger partial charge in [0.25, 0.3) is 0 Å². The first-order chi connectivity index (χ1) is 7.53. The second kappa shape index (κ2) is 5.54. The molecule has 0 aliphatic carbocycles. The summed E-state index contributed by atoms with van der Waals surface area (Å²) in [6.07, 6.45) is 1.04. The molecule has 0 aliphatic rings. The molecule has 1 rings (SSSR count). The number of benzene rings is 1. The minimum Gasteiger partial charge on any atom is -0.337 e. The quantitative estimate of drug-likeness (QED) is 0.803. The fraction of sp³-hybridized carbons (Fsp3) is 0.462. The van der Waals surface area contributed by atoms with Crippen LogP contribution in [0.3, 0.4) is 0 Å². The van der Waals surface area contributed by atoms with Gasteiger partial charge >= 0.3 is 6.03 Å². The molecule has 0 saturated carbocycles. The molecule has 0 atom stereocenters. The lowest BCUT2D eigenvalue weighted by Crippen LogP contribution is -2.36. The fourth-order valence-electron chi connectivity index (χ4n) is 1.14. The third kappa shape index (κ3) is 4.34. The molecule has 0 unspecified atom stereocenters. The maximum Gasteiger partial charge on any atom is 0.319 e. The van der Waals surface area contributed by atoms with Gasteiger partial charge in [-0.3, -0.25) is 0 Å². The average Bonchev–Trinajstić information content (AvgIpc) is 2.28. The van der Waals surface area contributed by atoms with Crippen molar-refractivity contribution in [1.29, 1.82) is 0 Å². The number of para-hydroxylation sites is 1. The van der Waals surface area contributed by atoms with Gasteiger partial charge in [-0.15, -0.1) is 0 Å². The molecule has 16 heavy (non-hydrogen) atoms. The molecule has 0 spiro atoms. The van der Waals surface area contributed by atoms with E-state index in [1.807, 2.05) is 30.3 Å². The highest BCUT2D eigenvalue weighted by molar-refractivity contribution is 5.89. The zero-order valence-corrected chi connectivity index (χ0v) is 10.2. The third-order valence-corrected chi connectivity index (χ3v) is 2.72. The average molecular weight is 220 g/mol. The van der Waals surface area contributed by atoms with Crippen LogP contribution >= 0.6 is 0 Å². The van der Waals surface area contributed by atoms with Crippen LogP contribution in [0, 0.1) is 5.41 Å². The predicted molar refractivity (Wildman–Crippen MR) is 67.5 cm³/mol. The fourth-order valence-corrected chi connectivity index (χ4v) is 1.14. The predicted octanol–water partition coefficient (Wildman–Crippen LogP) is 3.24. The lowest BCUT2D eigenvalue weighted by atomic mass is 9.90. The van der Waals surface area contributed by atoms with Gasteiger partial charge in [-0.05, 0) is 24.0 Å². The molecule has 1 aromatic rings. The van der Waals surface area contributed by atoms with Crippen molar-refractivity contribution in [3.05, 3.63) is 30.3 Å². The maximum absolute atomic E-state index is 11.6. The Balaban J connectivity index is 2.38. The Hall–Kier alpha value is -1.51. The highest BCUT2D eigenvalue weighted by Crippen LogP contribution is 2.17. The lowest BCUT2D eigenvalue weighted by Gasteiger charge is -2.22. The topological polar surface area (TPSA) is 41.1 Å². The molecule has 0 aromatic heterocycles. The van der Waals surface area contributed by atoms with E-state index >= 15 is 0 Å². The Kier molecular flexibility index (Phi) is 4.35. The molecule has 0 radical (unpaired) electrons. The standard InChI is InChI=1S/C13H20N2O/c1-4-13(2,3)10-14-12(16)15-11-8-6-5-7-9-11/h5-9H,4,10H2,1-3H3,(H2,14,15,16). The minimum absolute atomic E-state index is 0.146. The van der Waals surface area contributed by atoms with Gasteiger partial charge in [0.15, 0.2) is 0 Å². The van der Waals surface area contributed by atoms with Crippen LogP contribution < -0.4 is 10.6 Å². The summed E-state index contributed by atoms with van der Waals surface area (Å²) in [7, 11) is 0. The van der Waals surface area contributed by atoms with Gasteiger partial charge in [-0.25, -0.2) is 4.79 Å². The van der Waals surface area contributed by atoms with Gasteiger partial charge in [0.1, 0.15) is 0 Å². The molecule has 88 valence electrons. The second-order valence-corrected chi connectivity index (χ2v) is 4.69. The molecule has 2 N–H and O–H groups in total. The molecule has 3 nitrogen and oxygen atoms in total. The van der Waals surface area contributed by atoms with E-state index in [-0.39, 0.29) is 11.4 Å². The van der Waals surface area contributed by atoms with Crippen molar-refractivity contribution < 1.29 is 4.79 Å². The summed E-state index contributed by atoms with van der Waals surface area (Å²) in [5.74, 6) is 0. The van der Waals surface area contributed by atoms with Crippen molar-refractivity contribution in [2.75, 3.05) is 11.9 Å². The Morgan fingerprint density at radius 2 is 1.88 bits per heavy atom. The number of hydrogen-bond donors (Lipinski definition) is 2. The summed E-state index contributed by atoms with van der Waals surface area (Å²) in [6.45, 7) is 7.07. The van der Waals surface area contributed by atoms with E-state index in [9.17, 15) is 4.79 Å². The largest absolute Gasteiger partial charge is 0.337 e. The number of nitrogens with one attached hydrogen (secondary N) is 2. The number of carbonyl (C=O) groups excluding carboxylic acids is 1. The maximum atomic E-state index is 11.6. The van der Waals surface area contributed by atoms with Gasteiger partial charge in [0.2, 0.25) is 0 Å². The summed E-state index contributed by atoms with van der Waals surface area (Å²) in [4.78, 5) is 11.6. The summed E-state index contributed by atoms with van der Waals surface area (Å²) in [6, 6.07) is 9.29. The van der Waals surface area contributed by atoms with Gasteiger partial charge in [-0.2, -0.15) is 0 Å². The van der Waals surface area contributed by atoms with Crippen LogP contribution in [0.25, 0.3) is 0 Å². The second-order valence-electron chi connectivity index (χ2n) is 4.69. The molecule has 2 amide bonds. The van der Waals surface area contributed by atoms with E-state index in [0.29, 0.717) is 6.54 Å². The number of hydrogen-bond acceptors (Lipinski definition) is 1. The lowest BCUT2D eigenvalue weighted by molar-refractivity contribution is 0.244. The molecular weight excluding hydrogens is 200 g/mol. The van der Waals surface area contributed by atoms with Gasteiger partial charge < -0.3 is 10.6 Å². The van der Waals surface area contributed by atoms with E-state index in [1.165, 1.54) is 0 Å². The van der Waals surface area contributed by atoms with Crippen LogP contribution in [0.15, 0.2) is 30.3 Å². The van der Waals surface area contributed by atoms with Crippen molar-refractivity contribution in [3.8, 4) is 0 Å². The molecule has 0 aliphatic heterocycles. The van der Waals surface area contributed by atoms with E-state index < -0.39 is 0 Å². The van der Waals surface area contributed by atoms with Crippen LogP contribution in [0.1, 0.15) is 27.2 Å². The van der Waals surface area contributed by atoms with Crippen molar-refractivity contribution in [2.45, 2.75) is 27.2 Å². The summed E-state index contributed by atoms with van der Waals surface area (Å²) < 4.78 is 0. The first-order valence-electron chi connectivity index (χ1n) is 5.63. The van der Waals surface area contributed by atoms with Crippen molar-refractivity contribution in [1.82, 2.24) is 5.32 Å². The molecular formula is C13H20N2O. The summed E-state index contributed by atoms with van der Waals surface area (Å²) >= 11 is 0. The number of amides is 2. The number of anilines is 1. The molecule has 0 fully saturated rings. The van der Waals surface area contributed by atoms with E-state index in [1.54, 1.807) is 0 Å². The Bertz CT molecular complexity index is 333. The summed E-state index contributed by atoms with van der Waals surface area (Å²) in [5, 5.41) is 5.66.